The van der Waals surface area contributed by atoms with Crippen molar-refractivity contribution in [2.24, 2.45) is 5.73 Å². The molecular weight excluding hydrogens is 150 g/mol. The van der Waals surface area contributed by atoms with Crippen LogP contribution >= 0.6 is 0 Å². The Labute approximate surface area is 71.6 Å². The van der Waals surface area contributed by atoms with Crippen molar-refractivity contribution in [3.8, 4) is 0 Å². The number of hydrogen-bond donors (Lipinski definition) is 1. The molecule has 1 atom stereocenters. The molecular formula is C9H13N3. The number of nitrogens with two attached hydrogens (primary N) is 1. The minimum atomic E-state index is 0.306. The summed E-state index contributed by atoms with van der Waals surface area (Å²) < 4.78 is 2.22. The van der Waals surface area contributed by atoms with Gasteiger partial charge in [0.15, 0.2) is 0 Å². The second kappa shape index (κ2) is 2.10. The van der Waals surface area contributed by atoms with Crippen LogP contribution < -0.4 is 5.73 Å². The average molecular weight is 163 g/mol. The van der Waals surface area contributed by atoms with Crippen LogP contribution in [0.25, 0.3) is 0 Å². The molecule has 1 aliphatic heterocycles. The molecule has 0 radical (unpaired) electrons. The van der Waals surface area contributed by atoms with Gasteiger partial charge in [0.2, 0.25) is 0 Å². The fourth-order valence-corrected chi connectivity index (χ4v) is 1.92. The summed E-state index contributed by atoms with van der Waals surface area (Å²) >= 11 is 0. The highest BCUT2D eigenvalue weighted by molar-refractivity contribution is 5.17. The summed E-state index contributed by atoms with van der Waals surface area (Å²) in [7, 11) is 0. The van der Waals surface area contributed by atoms with E-state index in [0.717, 1.165) is 18.9 Å². The SMILES string of the molecule is NC1Cc2nc(C3CC3)cn2C1. The molecule has 12 heavy (non-hydrogen) atoms. The summed E-state index contributed by atoms with van der Waals surface area (Å²) in [6.07, 6.45) is 5.83. The van der Waals surface area contributed by atoms with Crippen molar-refractivity contribution >= 4 is 0 Å². The van der Waals surface area contributed by atoms with Gasteiger partial charge < -0.3 is 10.3 Å². The molecule has 0 amide bonds. The van der Waals surface area contributed by atoms with E-state index in [0.29, 0.717) is 6.04 Å². The van der Waals surface area contributed by atoms with Crippen LogP contribution in [0.15, 0.2) is 6.20 Å². The molecule has 0 aromatic carbocycles. The Kier molecular flexibility index (Phi) is 1.17. The van der Waals surface area contributed by atoms with Crippen molar-refractivity contribution in [1.82, 2.24) is 9.55 Å². The second-order valence-corrected chi connectivity index (χ2v) is 3.97. The quantitative estimate of drug-likeness (QED) is 0.660. The molecule has 0 spiro atoms. The van der Waals surface area contributed by atoms with Crippen molar-refractivity contribution in [3.05, 3.63) is 17.7 Å². The monoisotopic (exact) mass is 163 g/mol. The van der Waals surface area contributed by atoms with Gasteiger partial charge in [-0.3, -0.25) is 0 Å². The number of rotatable bonds is 1. The first-order valence-corrected chi connectivity index (χ1v) is 4.64. The lowest BCUT2D eigenvalue weighted by Crippen LogP contribution is -2.20. The maximum atomic E-state index is 5.81. The molecule has 3 rings (SSSR count). The van der Waals surface area contributed by atoms with Gasteiger partial charge in [-0.25, -0.2) is 4.98 Å². The Morgan fingerprint density at radius 3 is 3.00 bits per heavy atom. The zero-order chi connectivity index (χ0) is 8.13. The minimum Gasteiger partial charge on any atom is -0.333 e. The van der Waals surface area contributed by atoms with E-state index >= 15 is 0 Å². The second-order valence-electron chi connectivity index (χ2n) is 3.97. The predicted molar refractivity (Wildman–Crippen MR) is 45.9 cm³/mol. The van der Waals surface area contributed by atoms with Gasteiger partial charge in [0, 0.05) is 31.1 Å². The third-order valence-corrected chi connectivity index (χ3v) is 2.75. The molecule has 0 bridgehead atoms. The molecule has 2 N–H and O–H groups in total. The summed E-state index contributed by atoms with van der Waals surface area (Å²) in [6, 6.07) is 0.306. The summed E-state index contributed by atoms with van der Waals surface area (Å²) in [4.78, 5) is 4.59. The minimum absolute atomic E-state index is 0.306. The number of aromatic nitrogens is 2. The number of imidazole rings is 1. The normalized spacial score (nSPS) is 27.6. The third kappa shape index (κ3) is 0.894. The first kappa shape index (κ1) is 6.66. The van der Waals surface area contributed by atoms with Gasteiger partial charge in [-0.15, -0.1) is 0 Å². The van der Waals surface area contributed by atoms with Crippen LogP contribution in [0, 0.1) is 0 Å². The molecule has 1 aromatic heterocycles. The highest BCUT2D eigenvalue weighted by Gasteiger charge is 2.29. The van der Waals surface area contributed by atoms with E-state index in [4.69, 9.17) is 5.73 Å². The van der Waals surface area contributed by atoms with Crippen molar-refractivity contribution in [3.63, 3.8) is 0 Å². The van der Waals surface area contributed by atoms with E-state index in [2.05, 4.69) is 15.7 Å². The Hall–Kier alpha value is -0.830. The van der Waals surface area contributed by atoms with E-state index in [9.17, 15) is 0 Å². The first-order chi connectivity index (χ1) is 5.83. The maximum Gasteiger partial charge on any atom is 0.110 e. The van der Waals surface area contributed by atoms with Crippen LogP contribution in [-0.2, 0) is 13.0 Å². The van der Waals surface area contributed by atoms with Gasteiger partial charge in [-0.1, -0.05) is 0 Å². The van der Waals surface area contributed by atoms with Crippen LogP contribution in [-0.4, -0.2) is 15.6 Å². The van der Waals surface area contributed by atoms with Crippen LogP contribution in [0.5, 0.6) is 0 Å². The standard InChI is InChI=1S/C9H13N3/c10-7-3-9-11-8(6-1-2-6)5-12(9)4-7/h5-7H,1-4,10H2. The Bertz CT molecular complexity index is 288. The largest absolute Gasteiger partial charge is 0.333 e. The highest BCUT2D eigenvalue weighted by atomic mass is 15.1. The first-order valence-electron chi connectivity index (χ1n) is 4.64. The van der Waals surface area contributed by atoms with Gasteiger partial charge in [-0.05, 0) is 12.8 Å². The molecule has 1 aliphatic carbocycles. The Morgan fingerprint density at radius 1 is 1.50 bits per heavy atom. The zero-order valence-corrected chi connectivity index (χ0v) is 7.03. The molecule has 0 saturated heterocycles. The fourth-order valence-electron chi connectivity index (χ4n) is 1.92. The van der Waals surface area contributed by atoms with Gasteiger partial charge in [0.1, 0.15) is 5.82 Å². The molecule has 1 fully saturated rings. The van der Waals surface area contributed by atoms with Crippen LogP contribution in [0.3, 0.4) is 0 Å². The van der Waals surface area contributed by atoms with Crippen molar-refractivity contribution in [1.29, 1.82) is 0 Å². The third-order valence-electron chi connectivity index (χ3n) is 2.75. The molecule has 64 valence electrons. The van der Waals surface area contributed by atoms with Crippen LogP contribution in [0.4, 0.5) is 0 Å². The van der Waals surface area contributed by atoms with Crippen molar-refractivity contribution in [2.75, 3.05) is 0 Å². The van der Waals surface area contributed by atoms with Crippen LogP contribution in [0.1, 0.15) is 30.3 Å². The smallest absolute Gasteiger partial charge is 0.110 e. The fraction of sp³-hybridized carbons (Fsp3) is 0.667. The lowest BCUT2D eigenvalue weighted by Gasteiger charge is -1.98. The summed E-state index contributed by atoms with van der Waals surface area (Å²) in [6.45, 7) is 0.967. The van der Waals surface area contributed by atoms with E-state index in [1.165, 1.54) is 24.4 Å². The van der Waals surface area contributed by atoms with Crippen molar-refractivity contribution < 1.29 is 0 Å². The Morgan fingerprint density at radius 2 is 2.33 bits per heavy atom. The summed E-state index contributed by atoms with van der Waals surface area (Å²) in [5.74, 6) is 1.98. The molecule has 2 heterocycles. The molecule has 1 saturated carbocycles. The van der Waals surface area contributed by atoms with E-state index in [-0.39, 0.29) is 0 Å². The number of fused-ring (bicyclic) bond motifs is 1. The van der Waals surface area contributed by atoms with Gasteiger partial charge in [0.25, 0.3) is 0 Å². The van der Waals surface area contributed by atoms with Gasteiger partial charge in [-0.2, -0.15) is 0 Å². The summed E-state index contributed by atoms with van der Waals surface area (Å²) in [5, 5.41) is 0. The molecule has 3 nitrogen and oxygen atoms in total. The van der Waals surface area contributed by atoms with E-state index < -0.39 is 0 Å². The number of hydrogen-bond acceptors (Lipinski definition) is 2. The lowest BCUT2D eigenvalue weighted by atomic mass is 10.2. The average Bonchev–Trinajstić information content (AvgIpc) is 2.69. The molecule has 1 unspecified atom stereocenters. The number of nitrogens with zero attached hydrogens (tertiary/aromatic N) is 2. The molecule has 1 aromatic rings. The molecule has 2 aliphatic rings. The lowest BCUT2D eigenvalue weighted by molar-refractivity contribution is 0.638. The van der Waals surface area contributed by atoms with E-state index in [1.807, 2.05) is 0 Å². The topological polar surface area (TPSA) is 43.8 Å². The van der Waals surface area contributed by atoms with Gasteiger partial charge >= 0.3 is 0 Å². The predicted octanol–water partition coefficient (Wildman–Crippen LogP) is 0.644. The van der Waals surface area contributed by atoms with Crippen molar-refractivity contribution in [2.45, 2.75) is 37.8 Å². The van der Waals surface area contributed by atoms with Gasteiger partial charge in [0.05, 0.1) is 5.69 Å². The summed E-state index contributed by atoms with van der Waals surface area (Å²) in [5.41, 5.74) is 7.11. The van der Waals surface area contributed by atoms with Crippen LogP contribution in [0.2, 0.25) is 0 Å². The van der Waals surface area contributed by atoms with E-state index in [1.54, 1.807) is 0 Å². The highest BCUT2D eigenvalue weighted by Crippen LogP contribution is 2.39. The molecule has 3 heteroatoms. The Balaban J connectivity index is 1.94. The maximum absolute atomic E-state index is 5.81. The zero-order valence-electron chi connectivity index (χ0n) is 7.03.